The standard InChI is InChI=1S/C13H12N2O2S3/c1-9-5-3-6-10-12(9)15(2)13(19-10)14-20(16,17)11-7-4-8-18-11/h3-8H,1-2H3/b14-13-. The Morgan fingerprint density at radius 3 is 2.65 bits per heavy atom. The molecule has 0 amide bonds. The van der Waals surface area contributed by atoms with E-state index < -0.39 is 10.0 Å². The van der Waals surface area contributed by atoms with Crippen LogP contribution in [-0.2, 0) is 17.1 Å². The van der Waals surface area contributed by atoms with Gasteiger partial charge in [0.05, 0.1) is 10.2 Å². The number of para-hydroxylation sites is 1. The van der Waals surface area contributed by atoms with Gasteiger partial charge in [0.2, 0.25) is 4.80 Å². The maximum absolute atomic E-state index is 12.2. The van der Waals surface area contributed by atoms with E-state index in [4.69, 9.17) is 0 Å². The fraction of sp³-hybridized carbons (Fsp3) is 0.154. The number of thiazole rings is 1. The minimum absolute atomic E-state index is 0.270. The number of aromatic nitrogens is 1. The maximum Gasteiger partial charge on any atom is 0.294 e. The highest BCUT2D eigenvalue weighted by molar-refractivity contribution is 7.92. The van der Waals surface area contributed by atoms with Gasteiger partial charge in [-0.3, -0.25) is 0 Å². The highest BCUT2D eigenvalue weighted by Crippen LogP contribution is 2.21. The zero-order valence-electron chi connectivity index (χ0n) is 10.9. The highest BCUT2D eigenvalue weighted by Gasteiger charge is 2.15. The number of hydrogen-bond acceptors (Lipinski definition) is 4. The summed E-state index contributed by atoms with van der Waals surface area (Å²) in [5, 5.41) is 1.73. The van der Waals surface area contributed by atoms with Gasteiger partial charge < -0.3 is 4.57 Å². The van der Waals surface area contributed by atoms with Crippen LogP contribution >= 0.6 is 22.7 Å². The molecule has 2 aromatic heterocycles. The van der Waals surface area contributed by atoms with E-state index >= 15 is 0 Å². The van der Waals surface area contributed by atoms with E-state index in [0.29, 0.717) is 4.80 Å². The topological polar surface area (TPSA) is 51.4 Å². The molecule has 0 N–H and O–H groups in total. The third kappa shape index (κ3) is 2.21. The Labute approximate surface area is 124 Å². The lowest BCUT2D eigenvalue weighted by atomic mass is 10.2. The van der Waals surface area contributed by atoms with Crippen LogP contribution in [-0.4, -0.2) is 13.0 Å². The van der Waals surface area contributed by atoms with E-state index in [0.717, 1.165) is 15.8 Å². The van der Waals surface area contributed by atoms with Gasteiger partial charge in [-0.25, -0.2) is 0 Å². The van der Waals surface area contributed by atoms with Gasteiger partial charge in [0.25, 0.3) is 10.0 Å². The maximum atomic E-state index is 12.2. The molecule has 0 fully saturated rings. The summed E-state index contributed by atoms with van der Waals surface area (Å²) in [6, 6.07) is 9.23. The second kappa shape index (κ2) is 4.83. The van der Waals surface area contributed by atoms with Crippen molar-refractivity contribution in [1.29, 1.82) is 0 Å². The highest BCUT2D eigenvalue weighted by atomic mass is 32.2. The summed E-state index contributed by atoms with van der Waals surface area (Å²) >= 11 is 2.56. The van der Waals surface area contributed by atoms with E-state index in [1.165, 1.54) is 22.7 Å². The molecule has 3 rings (SSSR count). The van der Waals surface area contributed by atoms with Crippen molar-refractivity contribution in [2.24, 2.45) is 11.4 Å². The van der Waals surface area contributed by atoms with Crippen LogP contribution in [0, 0.1) is 6.92 Å². The van der Waals surface area contributed by atoms with Gasteiger partial charge in [-0.05, 0) is 30.0 Å². The molecule has 0 aliphatic carbocycles. The van der Waals surface area contributed by atoms with Crippen molar-refractivity contribution in [2.45, 2.75) is 11.1 Å². The Hall–Kier alpha value is -1.44. The smallest absolute Gasteiger partial charge is 0.294 e. The molecule has 20 heavy (non-hydrogen) atoms. The number of thiophene rings is 1. The van der Waals surface area contributed by atoms with Crippen molar-refractivity contribution >= 4 is 42.9 Å². The second-order valence-electron chi connectivity index (χ2n) is 4.36. The van der Waals surface area contributed by atoms with Crippen LogP contribution in [0.2, 0.25) is 0 Å². The van der Waals surface area contributed by atoms with Crippen molar-refractivity contribution in [3.8, 4) is 0 Å². The van der Waals surface area contributed by atoms with Crippen LogP contribution in [0.1, 0.15) is 5.56 Å². The van der Waals surface area contributed by atoms with Gasteiger partial charge in [0.15, 0.2) is 0 Å². The molecule has 0 radical (unpaired) electrons. The summed E-state index contributed by atoms with van der Waals surface area (Å²) in [6.07, 6.45) is 0. The summed E-state index contributed by atoms with van der Waals surface area (Å²) in [7, 11) is -1.78. The molecule has 7 heteroatoms. The number of aryl methyl sites for hydroxylation is 2. The molecular formula is C13H12N2O2S3. The Bertz CT molecular complexity index is 932. The molecule has 4 nitrogen and oxygen atoms in total. The lowest BCUT2D eigenvalue weighted by molar-refractivity contribution is 0.598. The fourth-order valence-electron chi connectivity index (χ4n) is 2.04. The normalized spacial score (nSPS) is 13.2. The first kappa shape index (κ1) is 13.5. The number of fused-ring (bicyclic) bond motifs is 1. The number of rotatable bonds is 2. The summed E-state index contributed by atoms with van der Waals surface area (Å²) < 4.78 is 31.5. The third-order valence-corrected chi connectivity index (χ3v) is 6.82. The predicted molar refractivity (Wildman–Crippen MR) is 82.6 cm³/mol. The summed E-state index contributed by atoms with van der Waals surface area (Å²) in [4.78, 5) is 0.489. The molecule has 0 spiro atoms. The van der Waals surface area contributed by atoms with Crippen LogP contribution in [0.4, 0.5) is 0 Å². The van der Waals surface area contributed by atoms with Gasteiger partial charge in [0, 0.05) is 7.05 Å². The predicted octanol–water partition coefficient (Wildman–Crippen LogP) is 2.90. The number of benzene rings is 1. The first-order chi connectivity index (χ1) is 9.49. The quantitative estimate of drug-likeness (QED) is 0.728. The molecule has 0 saturated carbocycles. The SMILES string of the molecule is Cc1cccc2s/c(=N\S(=O)(=O)c3cccs3)n(C)c12. The number of nitrogens with zero attached hydrogens (tertiary/aromatic N) is 2. The Balaban J connectivity index is 2.28. The molecule has 0 atom stereocenters. The van der Waals surface area contributed by atoms with E-state index in [1.54, 1.807) is 17.5 Å². The molecule has 1 aromatic carbocycles. The lowest BCUT2D eigenvalue weighted by Crippen LogP contribution is -2.13. The van der Waals surface area contributed by atoms with Crippen molar-refractivity contribution < 1.29 is 8.42 Å². The van der Waals surface area contributed by atoms with Gasteiger partial charge in [-0.15, -0.1) is 15.7 Å². The van der Waals surface area contributed by atoms with Crippen LogP contribution in [0.3, 0.4) is 0 Å². The van der Waals surface area contributed by atoms with E-state index in [9.17, 15) is 8.42 Å². The first-order valence-corrected chi connectivity index (χ1v) is 9.02. The molecule has 104 valence electrons. The third-order valence-electron chi connectivity index (χ3n) is 2.97. The number of hydrogen-bond donors (Lipinski definition) is 0. The molecule has 0 aliphatic rings. The van der Waals surface area contributed by atoms with Gasteiger partial charge in [-0.2, -0.15) is 8.42 Å². The molecule has 0 unspecified atom stereocenters. The summed E-state index contributed by atoms with van der Waals surface area (Å²) in [5.41, 5.74) is 2.13. The van der Waals surface area contributed by atoms with Crippen molar-refractivity contribution in [3.63, 3.8) is 0 Å². The second-order valence-corrected chi connectivity index (χ2v) is 8.15. The molecule has 2 heterocycles. The Morgan fingerprint density at radius 1 is 1.20 bits per heavy atom. The van der Waals surface area contributed by atoms with E-state index in [-0.39, 0.29) is 4.21 Å². The molecule has 0 saturated heterocycles. The minimum atomic E-state index is -3.62. The van der Waals surface area contributed by atoms with Gasteiger partial charge in [0.1, 0.15) is 4.21 Å². The average Bonchev–Trinajstić information content (AvgIpc) is 3.00. The number of sulfonamides is 1. The monoisotopic (exact) mass is 324 g/mol. The van der Waals surface area contributed by atoms with Gasteiger partial charge in [-0.1, -0.05) is 29.5 Å². The Morgan fingerprint density at radius 2 is 2.00 bits per heavy atom. The van der Waals surface area contributed by atoms with Crippen LogP contribution < -0.4 is 4.80 Å². The van der Waals surface area contributed by atoms with E-state index in [1.807, 2.05) is 36.7 Å². The fourth-order valence-corrected chi connectivity index (χ4v) is 5.34. The van der Waals surface area contributed by atoms with Crippen LogP contribution in [0.5, 0.6) is 0 Å². The summed E-state index contributed by atoms with van der Waals surface area (Å²) in [6.45, 7) is 2.01. The zero-order valence-corrected chi connectivity index (χ0v) is 13.3. The minimum Gasteiger partial charge on any atom is -0.319 e. The van der Waals surface area contributed by atoms with Crippen molar-refractivity contribution in [3.05, 3.63) is 46.1 Å². The van der Waals surface area contributed by atoms with Crippen molar-refractivity contribution in [2.75, 3.05) is 0 Å². The molecular weight excluding hydrogens is 312 g/mol. The lowest BCUT2D eigenvalue weighted by Gasteiger charge is -1.99. The zero-order chi connectivity index (χ0) is 14.3. The molecule has 0 aliphatic heterocycles. The van der Waals surface area contributed by atoms with E-state index in [2.05, 4.69) is 4.40 Å². The van der Waals surface area contributed by atoms with Gasteiger partial charge >= 0.3 is 0 Å². The first-order valence-electron chi connectivity index (χ1n) is 5.89. The van der Waals surface area contributed by atoms with Crippen LogP contribution in [0.15, 0.2) is 44.3 Å². The largest absolute Gasteiger partial charge is 0.319 e. The molecule has 3 aromatic rings. The Kier molecular flexibility index (Phi) is 3.27. The summed E-state index contributed by atoms with van der Waals surface area (Å²) in [5.74, 6) is 0. The van der Waals surface area contributed by atoms with Crippen LogP contribution in [0.25, 0.3) is 10.2 Å². The molecule has 0 bridgehead atoms. The van der Waals surface area contributed by atoms with Crippen molar-refractivity contribution in [1.82, 2.24) is 4.57 Å². The average molecular weight is 324 g/mol.